The van der Waals surface area contributed by atoms with Gasteiger partial charge in [0.05, 0.1) is 0 Å². The van der Waals surface area contributed by atoms with Gasteiger partial charge in [-0.25, -0.2) is 21.3 Å². The minimum absolute atomic E-state index is 0. The third kappa shape index (κ3) is 275. The van der Waals surface area contributed by atoms with Crippen LogP contribution in [-0.4, -0.2) is 55.6 Å². The maximum Gasteiger partial charge on any atom is 0.151 e. The Morgan fingerprint density at radius 3 is 0.625 bits per heavy atom. The molecule has 0 aromatic carbocycles. The molecule has 3 radical (unpaired) electrons. The number of hydrogen-bond acceptors (Lipinski definition) is 8. The zero-order valence-corrected chi connectivity index (χ0v) is 50.8. The van der Waals surface area contributed by atoms with E-state index in [1.807, 2.05) is 13.3 Å². The molecule has 0 rings (SSSR count). The fourth-order valence-electron chi connectivity index (χ4n) is 0. The van der Waals surface area contributed by atoms with Crippen molar-refractivity contribution in [3.8, 4) is 0 Å². The molecule has 5 unspecified atom stereocenters. The minimum Gasteiger partial charge on any atom is -0.537 e. The van der Waals surface area contributed by atoms with Gasteiger partial charge in [0.15, 0.2) is 9.03 Å². The van der Waals surface area contributed by atoms with E-state index in [1.165, 1.54) is 7.11 Å². The van der Waals surface area contributed by atoms with E-state index in [2.05, 4.69) is 57.3 Å². The van der Waals surface area contributed by atoms with E-state index in [0.717, 1.165) is 8.58 Å². The van der Waals surface area contributed by atoms with Crippen molar-refractivity contribution < 1.29 is 262 Å². The summed E-state index contributed by atoms with van der Waals surface area (Å²) in [6, 6.07) is 0. The van der Waals surface area contributed by atoms with Crippen LogP contribution in [0.3, 0.4) is 0 Å². The summed E-state index contributed by atoms with van der Waals surface area (Å²) in [6.45, 7) is 8.22. The van der Waals surface area contributed by atoms with Crippen LogP contribution in [0, 0.1) is 21.3 Å². The Morgan fingerprint density at radius 2 is 0.625 bits per heavy atom. The number of rotatable bonds is 5. The summed E-state index contributed by atoms with van der Waals surface area (Å²) in [5.74, 6) is 0. The minimum atomic E-state index is -0.471. The van der Waals surface area contributed by atoms with E-state index in [-0.39, 0.29) is 234 Å². The van der Waals surface area contributed by atoms with Gasteiger partial charge in [-0.3, -0.25) is 0 Å². The van der Waals surface area contributed by atoms with Gasteiger partial charge < -0.3 is 37.3 Å². The summed E-state index contributed by atoms with van der Waals surface area (Å²) in [6.07, 6.45) is 0. The molecule has 0 amide bonds. The molecule has 0 fully saturated rings. The molecular weight excluding hydrogens is 1790 g/mol. The summed E-state index contributed by atoms with van der Waals surface area (Å²) in [5.41, 5.74) is 0. The third-order valence-electron chi connectivity index (χ3n) is 0.569. The van der Waals surface area contributed by atoms with E-state index < -0.39 is 18.1 Å². The summed E-state index contributed by atoms with van der Waals surface area (Å²) in [7, 11) is 12.9. The molecule has 0 aromatic heterocycles. The first-order valence-corrected chi connectivity index (χ1v) is 12.8. The molecule has 0 spiro atoms. The molecule has 32 heavy (non-hydrogen) atoms. The van der Waals surface area contributed by atoms with Crippen molar-refractivity contribution in [3.05, 3.63) is 21.3 Å². The van der Waals surface area contributed by atoms with Crippen molar-refractivity contribution in [1.82, 2.24) is 0 Å². The molecule has 23 heteroatoms. The molecule has 195 valence electrons. The van der Waals surface area contributed by atoms with Crippen LogP contribution in [0.15, 0.2) is 0 Å². The molecule has 8 nitrogen and oxygen atoms in total. The molecule has 0 aromatic rings. The normalized spacial score (nSPS) is 7.12. The molecular formula is C9H33O8P6W6Y3-3. The van der Waals surface area contributed by atoms with Gasteiger partial charge in [0, 0.05) is 248 Å². The van der Waals surface area contributed by atoms with E-state index in [9.17, 15) is 0 Å². The Hall–Kier alpha value is 9.70. The first-order valence-electron chi connectivity index (χ1n) is 5.37. The fourth-order valence-corrected chi connectivity index (χ4v) is 0. The monoisotopic (exact) mass is 1830 g/mol. The summed E-state index contributed by atoms with van der Waals surface area (Å²) < 4.78 is 20.8. The fraction of sp³-hybridized carbons (Fsp3) is 0.667. The molecule has 5 atom stereocenters. The zero-order valence-electron chi connectivity index (χ0n) is 18.7. The second kappa shape index (κ2) is 150. The van der Waals surface area contributed by atoms with Gasteiger partial charge in [-0.1, -0.05) is 0 Å². The first kappa shape index (κ1) is 96.9. The van der Waals surface area contributed by atoms with Gasteiger partial charge in [-0.15, -0.1) is 8.58 Å². The van der Waals surface area contributed by atoms with Crippen LogP contribution in [0.25, 0.3) is 0 Å². The van der Waals surface area contributed by atoms with Gasteiger partial charge in [0.2, 0.25) is 0 Å². The Morgan fingerprint density at radius 1 is 0.500 bits per heavy atom. The number of hydrogen-bond donors (Lipinski definition) is 3. The van der Waals surface area contributed by atoms with Crippen LogP contribution in [-0.2, 0) is 247 Å². The SMILES string of the molecule is COPC.COPO.CPC.[CH2-]OPC.[CH2-]OPO.[CH2-]OPO.[W].[W].[W].[W].[W].[W].[Y].[Y].[Y]. The van der Waals surface area contributed by atoms with Crippen LogP contribution in [0.2, 0.25) is 0 Å². The van der Waals surface area contributed by atoms with Crippen LogP contribution < -0.4 is 0 Å². The average molecular weight is 1820 g/mol. The zero-order chi connectivity index (χ0) is 19.8. The van der Waals surface area contributed by atoms with Gasteiger partial charge in [-0.2, -0.15) is 0 Å². The van der Waals surface area contributed by atoms with E-state index >= 15 is 0 Å². The van der Waals surface area contributed by atoms with Crippen molar-refractivity contribution in [2.75, 3.05) is 40.9 Å². The summed E-state index contributed by atoms with van der Waals surface area (Å²) in [4.78, 5) is 22.9. The second-order valence-electron chi connectivity index (χ2n) is 2.02. The molecule has 0 aliphatic rings. The van der Waals surface area contributed by atoms with Gasteiger partial charge in [-0.05, 0) is 35.5 Å². The molecule has 0 heterocycles. The quantitative estimate of drug-likeness (QED) is 0.284. The smallest absolute Gasteiger partial charge is 0.151 e. The van der Waals surface area contributed by atoms with Crippen LogP contribution in [0.1, 0.15) is 0 Å². The van der Waals surface area contributed by atoms with E-state index in [4.69, 9.17) is 14.7 Å². The van der Waals surface area contributed by atoms with Crippen molar-refractivity contribution in [1.29, 1.82) is 0 Å². The molecule has 0 aliphatic heterocycles. The van der Waals surface area contributed by atoms with Gasteiger partial charge in [0.25, 0.3) is 0 Å². The second-order valence-corrected chi connectivity index (χ2v) is 6.07. The largest absolute Gasteiger partial charge is 0.537 e. The molecule has 3 N–H and O–H groups in total. The van der Waals surface area contributed by atoms with Gasteiger partial charge in [0.1, 0.15) is 18.1 Å². The Labute approximate surface area is 369 Å². The van der Waals surface area contributed by atoms with Crippen LogP contribution in [0.4, 0.5) is 0 Å². The van der Waals surface area contributed by atoms with E-state index in [1.54, 1.807) is 7.11 Å². The molecule has 0 saturated heterocycles. The molecule has 0 aliphatic carbocycles. The molecule has 0 saturated carbocycles. The first-order chi connectivity index (χ1) is 11.0. The Kier molecular flexibility index (Phi) is 453. The van der Waals surface area contributed by atoms with Crippen molar-refractivity contribution in [2.24, 2.45) is 0 Å². The topological polar surface area (TPSA) is 107 Å². The third-order valence-corrected chi connectivity index (χ3v) is 1.71. The summed E-state index contributed by atoms with van der Waals surface area (Å²) in [5, 5.41) is 0. The standard InChI is InChI=1S/C2H7OP.C2H6OP.C2H7P.CH5O2P.2CH4O2P.6W.3Y/c2*1-3-4-2;1-3-2;3*1-3-4-2;;;;;;;;;/h4H,1-2H3;4H,1H2,2H3;3H,1-2H3;2,4H,1H3;2*2,4H,1H2;;;;;;;;;/q;-1;;;2*-1;;;;;;;;;. The maximum atomic E-state index is 7.68. The predicted molar refractivity (Wildman–Crippen MR) is 114 cm³/mol. The molecule has 0 bridgehead atoms. The predicted octanol–water partition coefficient (Wildman–Crippen LogP) is 3.50. The van der Waals surface area contributed by atoms with Crippen molar-refractivity contribution in [2.45, 2.75) is 0 Å². The van der Waals surface area contributed by atoms with Crippen molar-refractivity contribution >= 4 is 53.3 Å². The maximum absolute atomic E-state index is 7.68. The van der Waals surface area contributed by atoms with Gasteiger partial charge >= 0.3 is 0 Å². The van der Waals surface area contributed by atoms with Crippen LogP contribution >= 0.6 is 53.3 Å². The Bertz CT molecular complexity index is 115. The van der Waals surface area contributed by atoms with E-state index in [0.29, 0.717) is 17.6 Å². The van der Waals surface area contributed by atoms with Crippen molar-refractivity contribution in [3.63, 3.8) is 0 Å². The van der Waals surface area contributed by atoms with Crippen LogP contribution in [0.5, 0.6) is 0 Å². The summed E-state index contributed by atoms with van der Waals surface area (Å²) >= 11 is 0. The average Bonchev–Trinajstić information content (AvgIpc) is 2.62. The Balaban J connectivity index is -0.00000000791.